The van der Waals surface area contributed by atoms with Gasteiger partial charge >= 0.3 is 0 Å². The van der Waals surface area contributed by atoms with Crippen molar-refractivity contribution in [3.63, 3.8) is 0 Å². The molecule has 3 aromatic rings. The van der Waals surface area contributed by atoms with E-state index in [4.69, 9.17) is 5.73 Å². The summed E-state index contributed by atoms with van der Waals surface area (Å²) in [7, 11) is -3.55. The molecule has 0 aliphatic heterocycles. The zero-order valence-corrected chi connectivity index (χ0v) is 14.9. The van der Waals surface area contributed by atoms with Crippen LogP contribution in [-0.2, 0) is 15.4 Å². The number of anilines is 1. The fourth-order valence-electron chi connectivity index (χ4n) is 2.26. The minimum absolute atomic E-state index is 0.244. The summed E-state index contributed by atoms with van der Waals surface area (Å²) in [5, 5.41) is 6.64. The molecule has 9 heteroatoms. The van der Waals surface area contributed by atoms with Gasteiger partial charge in [0.15, 0.2) is 5.65 Å². The number of nitrogens with two attached hydrogens (primary N) is 1. The summed E-state index contributed by atoms with van der Waals surface area (Å²) < 4.78 is 25.4. The van der Waals surface area contributed by atoms with E-state index in [1.165, 1.54) is 11.3 Å². The Bertz CT molecular complexity index is 983. The molecule has 0 spiro atoms. The van der Waals surface area contributed by atoms with Gasteiger partial charge in [0, 0.05) is 6.26 Å². The van der Waals surface area contributed by atoms with Crippen molar-refractivity contribution in [1.82, 2.24) is 19.7 Å². The number of sulfone groups is 1. The highest BCUT2D eigenvalue weighted by atomic mass is 32.2. The normalized spacial score (nSPS) is 12.9. The van der Waals surface area contributed by atoms with E-state index in [0.29, 0.717) is 16.9 Å². The van der Waals surface area contributed by atoms with Gasteiger partial charge in [-0.25, -0.2) is 18.1 Å². The molecule has 0 saturated carbocycles. The summed E-state index contributed by atoms with van der Waals surface area (Å²) in [5.41, 5.74) is 6.70. The fourth-order valence-corrected chi connectivity index (χ4v) is 3.49. The first-order valence-electron chi connectivity index (χ1n) is 6.89. The van der Waals surface area contributed by atoms with Gasteiger partial charge in [0.1, 0.15) is 5.82 Å². The molecule has 122 valence electrons. The van der Waals surface area contributed by atoms with Crippen LogP contribution in [0.2, 0.25) is 0 Å². The molecular formula is C14H17N5O2S2. The van der Waals surface area contributed by atoms with E-state index in [9.17, 15) is 8.42 Å². The topological polar surface area (TPSA) is 104 Å². The second-order valence-electron chi connectivity index (χ2n) is 6.27. The van der Waals surface area contributed by atoms with Crippen molar-refractivity contribution in [2.45, 2.75) is 31.5 Å². The Morgan fingerprint density at radius 3 is 2.48 bits per heavy atom. The van der Waals surface area contributed by atoms with E-state index in [0.717, 1.165) is 11.1 Å². The monoisotopic (exact) mass is 351 g/mol. The van der Waals surface area contributed by atoms with Gasteiger partial charge in [-0.15, -0.1) is 16.4 Å². The van der Waals surface area contributed by atoms with Crippen molar-refractivity contribution in [3.05, 3.63) is 17.5 Å². The standard InChI is InChI=1S/C14H17N5O2S2/c1-14(2,3)19-11(15)9-10(8-6-5-7-22-8)16-13(23(4,20)21)17-12(9)18-19/h5-7H,15H2,1-4H3. The number of nitrogens with zero attached hydrogens (tertiary/aromatic N) is 4. The molecule has 0 fully saturated rings. The Kier molecular flexibility index (Phi) is 3.45. The fraction of sp³-hybridized carbons (Fsp3) is 0.357. The molecule has 0 amide bonds. The molecule has 0 atom stereocenters. The number of hydrogen-bond acceptors (Lipinski definition) is 7. The van der Waals surface area contributed by atoms with E-state index in [2.05, 4.69) is 15.1 Å². The first-order chi connectivity index (χ1) is 10.6. The van der Waals surface area contributed by atoms with Gasteiger partial charge in [-0.2, -0.15) is 4.98 Å². The zero-order chi connectivity index (χ0) is 17.0. The lowest BCUT2D eigenvalue weighted by molar-refractivity contribution is 0.364. The quantitative estimate of drug-likeness (QED) is 0.710. The molecular weight excluding hydrogens is 334 g/mol. The smallest absolute Gasteiger partial charge is 0.249 e. The van der Waals surface area contributed by atoms with Crippen LogP contribution >= 0.6 is 11.3 Å². The number of nitrogen functional groups attached to an aromatic ring is 1. The van der Waals surface area contributed by atoms with Crippen molar-refractivity contribution in [2.75, 3.05) is 12.0 Å². The summed E-state index contributed by atoms with van der Waals surface area (Å²) >= 11 is 1.46. The van der Waals surface area contributed by atoms with Gasteiger partial charge in [0.2, 0.25) is 15.0 Å². The number of fused-ring (bicyclic) bond motifs is 1. The van der Waals surface area contributed by atoms with Crippen molar-refractivity contribution in [2.24, 2.45) is 0 Å². The maximum Gasteiger partial charge on any atom is 0.249 e. The number of rotatable bonds is 2. The molecule has 23 heavy (non-hydrogen) atoms. The van der Waals surface area contributed by atoms with E-state index in [1.807, 2.05) is 38.3 Å². The lowest BCUT2D eigenvalue weighted by atomic mass is 10.1. The van der Waals surface area contributed by atoms with Gasteiger partial charge in [-0.3, -0.25) is 0 Å². The second-order valence-corrected chi connectivity index (χ2v) is 9.13. The highest BCUT2D eigenvalue weighted by molar-refractivity contribution is 7.90. The van der Waals surface area contributed by atoms with Crippen molar-refractivity contribution >= 4 is 38.0 Å². The SMILES string of the molecule is CC(C)(C)n1nc2nc(S(C)(=O)=O)nc(-c3cccs3)c2c1N. The van der Waals surface area contributed by atoms with Gasteiger partial charge in [0.25, 0.3) is 0 Å². The molecule has 0 aliphatic carbocycles. The maximum absolute atomic E-state index is 11.9. The maximum atomic E-state index is 11.9. The van der Waals surface area contributed by atoms with E-state index in [-0.39, 0.29) is 16.3 Å². The first-order valence-corrected chi connectivity index (χ1v) is 9.67. The van der Waals surface area contributed by atoms with Crippen LogP contribution in [0.1, 0.15) is 20.8 Å². The summed E-state index contributed by atoms with van der Waals surface area (Å²) in [6, 6.07) is 3.74. The molecule has 3 rings (SSSR count). The molecule has 3 heterocycles. The third-order valence-corrected chi connectivity index (χ3v) is 4.99. The Hall–Kier alpha value is -2.00. The molecule has 0 bridgehead atoms. The number of hydrogen-bond donors (Lipinski definition) is 1. The van der Waals surface area contributed by atoms with Crippen LogP contribution in [0.3, 0.4) is 0 Å². The van der Waals surface area contributed by atoms with E-state index in [1.54, 1.807) is 4.68 Å². The van der Waals surface area contributed by atoms with Crippen molar-refractivity contribution in [1.29, 1.82) is 0 Å². The highest BCUT2D eigenvalue weighted by Gasteiger charge is 2.26. The summed E-state index contributed by atoms with van der Waals surface area (Å²) in [6.45, 7) is 5.89. The highest BCUT2D eigenvalue weighted by Crippen LogP contribution is 2.35. The number of aromatic nitrogens is 4. The molecule has 0 saturated heterocycles. The zero-order valence-electron chi connectivity index (χ0n) is 13.2. The molecule has 0 aliphatic rings. The summed E-state index contributed by atoms with van der Waals surface area (Å²) in [4.78, 5) is 9.18. The minimum Gasteiger partial charge on any atom is -0.383 e. The molecule has 0 unspecified atom stereocenters. The van der Waals surface area contributed by atoms with Crippen molar-refractivity contribution in [3.8, 4) is 10.6 Å². The van der Waals surface area contributed by atoms with Crippen LogP contribution in [0.5, 0.6) is 0 Å². The Morgan fingerprint density at radius 1 is 1.26 bits per heavy atom. The average Bonchev–Trinajstić information content (AvgIpc) is 3.04. The van der Waals surface area contributed by atoms with Gasteiger partial charge in [-0.05, 0) is 32.2 Å². The average molecular weight is 351 g/mol. The van der Waals surface area contributed by atoms with Crippen LogP contribution in [0.4, 0.5) is 5.82 Å². The summed E-state index contributed by atoms with van der Waals surface area (Å²) in [6.07, 6.45) is 1.08. The van der Waals surface area contributed by atoms with Crippen LogP contribution < -0.4 is 5.73 Å². The molecule has 0 radical (unpaired) electrons. The van der Waals surface area contributed by atoms with Gasteiger partial charge in [-0.1, -0.05) is 6.07 Å². The third kappa shape index (κ3) is 2.70. The van der Waals surface area contributed by atoms with Crippen molar-refractivity contribution < 1.29 is 8.42 Å². The predicted molar refractivity (Wildman–Crippen MR) is 91.2 cm³/mol. The van der Waals surface area contributed by atoms with Crippen LogP contribution in [0.25, 0.3) is 21.6 Å². The molecule has 2 N–H and O–H groups in total. The minimum atomic E-state index is -3.55. The lowest BCUT2D eigenvalue weighted by Gasteiger charge is -2.20. The molecule has 0 aromatic carbocycles. The largest absolute Gasteiger partial charge is 0.383 e. The van der Waals surface area contributed by atoms with E-state index >= 15 is 0 Å². The second kappa shape index (κ2) is 5.00. The van der Waals surface area contributed by atoms with Gasteiger partial charge < -0.3 is 5.73 Å². The molecule has 7 nitrogen and oxygen atoms in total. The molecule has 3 aromatic heterocycles. The van der Waals surface area contributed by atoms with Gasteiger partial charge in [0.05, 0.1) is 21.5 Å². The van der Waals surface area contributed by atoms with Crippen LogP contribution in [0, 0.1) is 0 Å². The summed E-state index contributed by atoms with van der Waals surface area (Å²) in [5.74, 6) is 0.427. The Labute approximate surface area is 138 Å². The Morgan fingerprint density at radius 2 is 1.96 bits per heavy atom. The lowest BCUT2D eigenvalue weighted by Crippen LogP contribution is -2.24. The predicted octanol–water partition coefficient (Wildman–Crippen LogP) is 2.30. The first kappa shape index (κ1) is 15.9. The van der Waals surface area contributed by atoms with Crippen LogP contribution in [-0.4, -0.2) is 34.4 Å². The Balaban J connectivity index is 2.45. The number of thiophene rings is 1. The third-order valence-electron chi connectivity index (χ3n) is 3.27. The van der Waals surface area contributed by atoms with Crippen LogP contribution in [0.15, 0.2) is 22.7 Å². The van der Waals surface area contributed by atoms with E-state index < -0.39 is 9.84 Å².